The quantitative estimate of drug-likeness (QED) is 0.207. The topological polar surface area (TPSA) is 75.8 Å². The number of rotatable bonds is 6. The number of amides is 1. The van der Waals surface area contributed by atoms with Gasteiger partial charge in [0.25, 0.3) is 0 Å². The van der Waals surface area contributed by atoms with Crippen LogP contribution in [0.5, 0.6) is 0 Å². The Bertz CT molecular complexity index is 1050. The fraction of sp³-hybridized carbons (Fsp3) is 0.250. The van der Waals surface area contributed by atoms with Gasteiger partial charge in [-0.2, -0.15) is 0 Å². The fourth-order valence-electron chi connectivity index (χ4n) is 2.91. The van der Waals surface area contributed by atoms with Gasteiger partial charge in [-0.1, -0.05) is 0 Å². The van der Waals surface area contributed by atoms with Gasteiger partial charge in [0, 0.05) is 0 Å². The van der Waals surface area contributed by atoms with Crippen molar-refractivity contribution in [1.29, 1.82) is 0 Å². The predicted molar refractivity (Wildman–Crippen MR) is 129 cm³/mol. The van der Waals surface area contributed by atoms with E-state index in [1.54, 1.807) is 23.1 Å². The van der Waals surface area contributed by atoms with Crippen molar-refractivity contribution in [3.63, 3.8) is 0 Å². The van der Waals surface area contributed by atoms with Gasteiger partial charge in [-0.3, -0.25) is 0 Å². The van der Waals surface area contributed by atoms with Crippen molar-refractivity contribution in [3.05, 3.63) is 58.3 Å². The zero-order chi connectivity index (χ0) is 21.8. The number of ketones is 1. The summed E-state index contributed by atoms with van der Waals surface area (Å²) < 4.78 is 2.29. The van der Waals surface area contributed by atoms with Crippen LogP contribution < -0.4 is 5.73 Å². The van der Waals surface area contributed by atoms with Gasteiger partial charge in [0.1, 0.15) is 0 Å². The van der Waals surface area contributed by atoms with Gasteiger partial charge in [0.15, 0.2) is 0 Å². The summed E-state index contributed by atoms with van der Waals surface area (Å²) in [4.78, 5) is 31.4. The molecule has 0 aliphatic carbocycles. The molecule has 1 amide bonds. The molecule has 5 nitrogen and oxygen atoms in total. The molecule has 1 saturated heterocycles. The first-order valence-corrected chi connectivity index (χ1v) is 13.1. The van der Waals surface area contributed by atoms with Gasteiger partial charge in [-0.15, -0.1) is 0 Å². The minimum atomic E-state index is -0.438. The maximum absolute atomic E-state index is 12.7. The van der Waals surface area contributed by atoms with Crippen molar-refractivity contribution in [2.75, 3.05) is 13.1 Å². The molecule has 30 heavy (non-hydrogen) atoms. The van der Waals surface area contributed by atoms with Crippen molar-refractivity contribution in [3.8, 4) is 0 Å². The SMILES string of the molecule is NC(C(=O)CC(=O)N1CCCC1)=C(Br)C(=Nc1ccc(Cl)cc1Cl)c1ccc(Br)[se]1. The summed E-state index contributed by atoms with van der Waals surface area (Å²) >= 11 is 19.2. The van der Waals surface area contributed by atoms with E-state index in [-0.39, 0.29) is 32.5 Å². The van der Waals surface area contributed by atoms with Crippen molar-refractivity contribution < 1.29 is 9.59 Å². The molecule has 158 valence electrons. The third kappa shape index (κ3) is 5.87. The van der Waals surface area contributed by atoms with Crippen LogP contribution in [-0.4, -0.2) is 49.9 Å². The second kappa shape index (κ2) is 10.6. The van der Waals surface area contributed by atoms with Crippen LogP contribution in [-0.2, 0) is 9.59 Å². The number of carbonyl (C=O) groups excluding carboxylic acids is 2. The second-order valence-corrected chi connectivity index (χ2v) is 12.5. The van der Waals surface area contributed by atoms with Gasteiger partial charge in [0.05, 0.1) is 0 Å². The predicted octanol–water partition coefficient (Wildman–Crippen LogP) is 5.08. The molecule has 0 spiro atoms. The number of halogens is 4. The summed E-state index contributed by atoms with van der Waals surface area (Å²) in [5.41, 5.74) is 7.12. The number of nitrogens with two attached hydrogens (primary N) is 1. The molecule has 3 rings (SSSR count). The van der Waals surface area contributed by atoms with Crippen LogP contribution in [0.1, 0.15) is 23.7 Å². The number of carbonyl (C=O) groups is 2. The number of likely N-dealkylation sites (tertiary alicyclic amines) is 1. The monoisotopic (exact) mass is 639 g/mol. The maximum atomic E-state index is 12.7. The molecular weight excluding hydrogens is 624 g/mol. The average molecular weight is 641 g/mol. The molecule has 1 aliphatic rings. The number of hydrogen-bond acceptors (Lipinski definition) is 4. The summed E-state index contributed by atoms with van der Waals surface area (Å²) in [5.74, 6) is -0.638. The molecule has 1 aliphatic heterocycles. The van der Waals surface area contributed by atoms with Gasteiger partial charge >= 0.3 is 209 Å². The Hall–Kier alpha value is -0.891. The fourth-order valence-corrected chi connectivity index (χ4v) is 6.74. The molecule has 0 bridgehead atoms. The Balaban J connectivity index is 1.96. The van der Waals surface area contributed by atoms with Crippen molar-refractivity contribution >= 4 is 92.7 Å². The van der Waals surface area contributed by atoms with Crippen molar-refractivity contribution in [2.45, 2.75) is 19.3 Å². The zero-order valence-corrected chi connectivity index (χ0v) is 22.0. The number of Topliss-reactive ketones (excluding diaryl/α,β-unsaturated/α-hetero) is 1. The standard InChI is InChI=1S/C20H17Br2Cl2N3O2Se/c21-16-6-5-15(30-16)20(26-13-4-3-11(23)9-12(13)24)18(22)19(25)14(28)10-17(29)27-7-1-2-8-27/h3-6,9H,1-2,7-8,10,25H2. The first-order chi connectivity index (χ1) is 14.3. The van der Waals surface area contributed by atoms with Gasteiger partial charge in [-0.05, 0) is 0 Å². The third-order valence-electron chi connectivity index (χ3n) is 4.46. The molecule has 0 radical (unpaired) electrons. The average Bonchev–Trinajstić information content (AvgIpc) is 3.38. The van der Waals surface area contributed by atoms with E-state index in [1.165, 1.54) is 0 Å². The van der Waals surface area contributed by atoms with Crippen LogP contribution in [0.3, 0.4) is 0 Å². The summed E-state index contributed by atoms with van der Waals surface area (Å²) in [6, 6.07) is 8.84. The Kier molecular flexibility index (Phi) is 8.41. The molecular formula is C20H17Br2Cl2N3O2Se. The molecule has 1 aromatic carbocycles. The van der Waals surface area contributed by atoms with Crippen LogP contribution in [0.4, 0.5) is 5.69 Å². The summed E-state index contributed by atoms with van der Waals surface area (Å²) in [7, 11) is 0. The first-order valence-electron chi connectivity index (χ1n) is 9.02. The van der Waals surface area contributed by atoms with Gasteiger partial charge < -0.3 is 0 Å². The van der Waals surface area contributed by atoms with E-state index in [1.807, 2.05) is 12.1 Å². The normalized spacial score (nSPS) is 15.3. The molecule has 2 heterocycles. The molecule has 2 aromatic rings. The van der Waals surface area contributed by atoms with Crippen molar-refractivity contribution in [1.82, 2.24) is 4.90 Å². The Morgan fingerprint density at radius 2 is 1.87 bits per heavy atom. The van der Waals surface area contributed by atoms with E-state index in [4.69, 9.17) is 28.9 Å². The number of hydrogen-bond donors (Lipinski definition) is 1. The molecule has 2 N–H and O–H groups in total. The second-order valence-electron chi connectivity index (χ2n) is 6.58. The molecule has 1 aromatic heterocycles. The number of nitrogens with zero attached hydrogens (tertiary/aromatic N) is 2. The Morgan fingerprint density at radius 1 is 1.17 bits per heavy atom. The number of benzene rings is 1. The number of aliphatic imine (C=N–C) groups is 1. The molecule has 0 saturated carbocycles. The molecule has 1 fully saturated rings. The van der Waals surface area contributed by atoms with E-state index >= 15 is 0 Å². The van der Waals surface area contributed by atoms with Crippen LogP contribution >= 0.6 is 55.1 Å². The van der Waals surface area contributed by atoms with Crippen LogP contribution in [0.25, 0.3) is 0 Å². The summed E-state index contributed by atoms with van der Waals surface area (Å²) in [6.07, 6.45) is 1.67. The van der Waals surface area contributed by atoms with E-state index in [2.05, 4.69) is 36.9 Å². The van der Waals surface area contributed by atoms with E-state index < -0.39 is 5.78 Å². The Labute approximate surface area is 207 Å². The first kappa shape index (κ1) is 23.8. The van der Waals surface area contributed by atoms with Gasteiger partial charge in [-0.25, -0.2) is 0 Å². The molecule has 10 heteroatoms. The van der Waals surface area contributed by atoms with Gasteiger partial charge in [0.2, 0.25) is 0 Å². The van der Waals surface area contributed by atoms with Crippen molar-refractivity contribution in [2.24, 2.45) is 10.7 Å². The minimum absolute atomic E-state index is 0.0360. The van der Waals surface area contributed by atoms with E-state index in [0.717, 1.165) is 20.6 Å². The summed E-state index contributed by atoms with van der Waals surface area (Å²) in [5, 5.41) is 0.881. The Morgan fingerprint density at radius 3 is 2.47 bits per heavy atom. The molecule has 0 unspecified atom stereocenters. The molecule has 0 atom stereocenters. The van der Waals surface area contributed by atoms with Crippen LogP contribution in [0.2, 0.25) is 10.0 Å². The third-order valence-corrected chi connectivity index (χ3v) is 8.76. The van der Waals surface area contributed by atoms with Crippen LogP contribution in [0, 0.1) is 0 Å². The summed E-state index contributed by atoms with van der Waals surface area (Å²) in [6.45, 7) is 1.38. The van der Waals surface area contributed by atoms with E-state index in [0.29, 0.717) is 39.0 Å². The van der Waals surface area contributed by atoms with E-state index in [9.17, 15) is 9.59 Å². The van der Waals surface area contributed by atoms with Crippen LogP contribution in [0.15, 0.2) is 48.9 Å². The zero-order valence-electron chi connectivity index (χ0n) is 15.6. The number of allylic oxidation sites excluding steroid dienone is 2.